The van der Waals surface area contributed by atoms with E-state index in [9.17, 15) is 19.1 Å². The average molecular weight is 380 g/mol. The molecule has 1 fully saturated rings. The lowest BCUT2D eigenvalue weighted by Gasteiger charge is -2.25. The van der Waals surface area contributed by atoms with Crippen molar-refractivity contribution in [3.8, 4) is 5.75 Å². The van der Waals surface area contributed by atoms with Crippen molar-refractivity contribution in [1.82, 2.24) is 9.47 Å². The first kappa shape index (κ1) is 18.2. The van der Waals surface area contributed by atoms with Crippen molar-refractivity contribution in [3.05, 3.63) is 65.6 Å². The Bertz CT molecular complexity index is 1030. The highest BCUT2D eigenvalue weighted by atomic mass is 19.1. The first-order valence-corrected chi connectivity index (χ1v) is 9.43. The summed E-state index contributed by atoms with van der Waals surface area (Å²) in [5.74, 6) is -1.35. The van der Waals surface area contributed by atoms with E-state index in [4.69, 9.17) is 0 Å². The van der Waals surface area contributed by atoms with Crippen molar-refractivity contribution in [1.29, 1.82) is 0 Å². The Morgan fingerprint density at radius 3 is 2.43 bits per heavy atom. The first-order valence-electron chi connectivity index (χ1n) is 9.43. The molecule has 2 aromatic carbocycles. The number of piperidine rings is 1. The number of carbonyl (C=O) groups is 2. The molecule has 0 atom stereocenters. The minimum Gasteiger partial charge on any atom is -0.506 e. The van der Waals surface area contributed by atoms with Gasteiger partial charge in [0.2, 0.25) is 0 Å². The van der Waals surface area contributed by atoms with Gasteiger partial charge in [0.05, 0.1) is 11.1 Å². The van der Waals surface area contributed by atoms with Crippen LogP contribution in [0.3, 0.4) is 0 Å². The van der Waals surface area contributed by atoms with Gasteiger partial charge in [-0.05, 0) is 43.0 Å². The van der Waals surface area contributed by atoms with Crippen molar-refractivity contribution in [2.24, 2.45) is 0 Å². The number of benzene rings is 2. The molecule has 1 N–H and O–H groups in total. The second-order valence-electron chi connectivity index (χ2n) is 7.15. The zero-order chi connectivity index (χ0) is 19.7. The van der Waals surface area contributed by atoms with E-state index in [1.165, 1.54) is 12.1 Å². The van der Waals surface area contributed by atoms with Crippen molar-refractivity contribution in [2.75, 3.05) is 13.1 Å². The molecule has 1 aliphatic rings. The molecule has 1 amide bonds. The number of rotatable bonds is 4. The Hall–Kier alpha value is -3.15. The van der Waals surface area contributed by atoms with Crippen LogP contribution in [0.25, 0.3) is 10.9 Å². The lowest BCUT2D eigenvalue weighted by atomic mass is 10.1. The topological polar surface area (TPSA) is 62.5 Å². The molecular formula is C22H21FN2O3. The maximum absolute atomic E-state index is 13.2. The SMILES string of the molecule is O=C(C(=O)N1CCCCC1)c1cn(Cc2ccc(F)cc2)c2c(O)cccc12. The van der Waals surface area contributed by atoms with Gasteiger partial charge in [-0.2, -0.15) is 0 Å². The summed E-state index contributed by atoms with van der Waals surface area (Å²) in [6.07, 6.45) is 4.50. The van der Waals surface area contributed by atoms with Crippen LogP contribution in [0.15, 0.2) is 48.7 Å². The fourth-order valence-electron chi connectivity index (χ4n) is 3.79. The molecule has 0 aliphatic carbocycles. The van der Waals surface area contributed by atoms with Crippen LogP contribution in [0.1, 0.15) is 35.2 Å². The fraction of sp³-hybridized carbons (Fsp3) is 0.273. The molecule has 0 saturated carbocycles. The number of aromatic hydroxyl groups is 1. The quantitative estimate of drug-likeness (QED) is 0.554. The van der Waals surface area contributed by atoms with Gasteiger partial charge < -0.3 is 14.6 Å². The summed E-state index contributed by atoms with van der Waals surface area (Å²) in [6, 6.07) is 11.0. The first-order chi connectivity index (χ1) is 13.5. The van der Waals surface area contributed by atoms with Crippen molar-refractivity contribution in [3.63, 3.8) is 0 Å². The normalized spacial score (nSPS) is 14.4. The summed E-state index contributed by atoms with van der Waals surface area (Å²) in [7, 11) is 0. The van der Waals surface area contributed by atoms with Crippen LogP contribution in [0, 0.1) is 5.82 Å². The Morgan fingerprint density at radius 2 is 1.71 bits per heavy atom. The summed E-state index contributed by atoms with van der Waals surface area (Å²) >= 11 is 0. The van der Waals surface area contributed by atoms with Crippen LogP contribution in [0.4, 0.5) is 4.39 Å². The van der Waals surface area contributed by atoms with E-state index in [0.717, 1.165) is 24.8 Å². The summed E-state index contributed by atoms with van der Waals surface area (Å²) in [6.45, 7) is 1.55. The fourth-order valence-corrected chi connectivity index (χ4v) is 3.79. The molecule has 1 aromatic heterocycles. The number of Topliss-reactive ketones (excluding diaryl/α,β-unsaturated/α-hetero) is 1. The average Bonchev–Trinajstić information content (AvgIpc) is 3.09. The number of fused-ring (bicyclic) bond motifs is 1. The zero-order valence-electron chi connectivity index (χ0n) is 15.4. The number of ketones is 1. The van der Waals surface area contributed by atoms with Gasteiger partial charge in [-0.1, -0.05) is 24.3 Å². The number of halogens is 1. The van der Waals surface area contributed by atoms with E-state index >= 15 is 0 Å². The number of hydrogen-bond acceptors (Lipinski definition) is 3. The number of para-hydroxylation sites is 1. The van der Waals surface area contributed by atoms with Gasteiger partial charge in [0.1, 0.15) is 11.6 Å². The molecule has 0 unspecified atom stereocenters. The third-order valence-corrected chi connectivity index (χ3v) is 5.23. The van der Waals surface area contributed by atoms with Crippen LogP contribution in [-0.2, 0) is 11.3 Å². The van der Waals surface area contributed by atoms with Gasteiger partial charge in [0, 0.05) is 31.2 Å². The summed E-state index contributed by atoms with van der Waals surface area (Å²) in [5, 5.41) is 10.9. The number of hydrogen-bond donors (Lipinski definition) is 1. The Balaban J connectivity index is 1.72. The van der Waals surface area contributed by atoms with E-state index in [1.54, 1.807) is 46.0 Å². The molecule has 1 aliphatic heterocycles. The van der Waals surface area contributed by atoms with Gasteiger partial charge in [-0.15, -0.1) is 0 Å². The minimum atomic E-state index is -0.560. The van der Waals surface area contributed by atoms with Crippen LogP contribution in [-0.4, -0.2) is 39.4 Å². The lowest BCUT2D eigenvalue weighted by Crippen LogP contribution is -2.40. The Morgan fingerprint density at radius 1 is 1.00 bits per heavy atom. The third-order valence-electron chi connectivity index (χ3n) is 5.23. The molecule has 144 valence electrons. The van der Waals surface area contributed by atoms with Gasteiger partial charge in [-0.3, -0.25) is 9.59 Å². The maximum atomic E-state index is 13.2. The van der Waals surface area contributed by atoms with Crippen LogP contribution < -0.4 is 0 Å². The van der Waals surface area contributed by atoms with Crippen LogP contribution in [0.5, 0.6) is 5.75 Å². The zero-order valence-corrected chi connectivity index (χ0v) is 15.4. The second-order valence-corrected chi connectivity index (χ2v) is 7.15. The third kappa shape index (κ3) is 3.38. The van der Waals surface area contributed by atoms with Crippen molar-refractivity contribution >= 4 is 22.6 Å². The lowest BCUT2D eigenvalue weighted by molar-refractivity contribution is -0.127. The van der Waals surface area contributed by atoms with E-state index in [1.807, 2.05) is 0 Å². The molecular weight excluding hydrogens is 359 g/mol. The molecule has 1 saturated heterocycles. The minimum absolute atomic E-state index is 0.0316. The molecule has 0 spiro atoms. The number of amides is 1. The molecule has 0 radical (unpaired) electrons. The maximum Gasteiger partial charge on any atom is 0.295 e. The second kappa shape index (κ2) is 7.46. The van der Waals surface area contributed by atoms with E-state index in [0.29, 0.717) is 30.5 Å². The number of likely N-dealkylation sites (tertiary alicyclic amines) is 1. The smallest absolute Gasteiger partial charge is 0.295 e. The molecule has 5 nitrogen and oxygen atoms in total. The van der Waals surface area contributed by atoms with Gasteiger partial charge in [-0.25, -0.2) is 4.39 Å². The number of carbonyl (C=O) groups excluding carboxylic acids is 2. The van der Waals surface area contributed by atoms with Gasteiger partial charge >= 0.3 is 0 Å². The highest BCUT2D eigenvalue weighted by Crippen LogP contribution is 2.30. The summed E-state index contributed by atoms with van der Waals surface area (Å²) in [5.41, 5.74) is 1.59. The standard InChI is InChI=1S/C22H21FN2O3/c23-16-9-7-15(8-10-16)13-25-14-18(17-5-4-6-19(26)20(17)25)21(27)22(28)24-11-2-1-3-12-24/h4-10,14,26H,1-3,11-13H2. The van der Waals surface area contributed by atoms with Crippen molar-refractivity contribution < 1.29 is 19.1 Å². The van der Waals surface area contributed by atoms with Crippen molar-refractivity contribution in [2.45, 2.75) is 25.8 Å². The predicted octanol–water partition coefficient (Wildman–Crippen LogP) is 3.73. The molecule has 3 aromatic rings. The number of aromatic nitrogens is 1. The van der Waals surface area contributed by atoms with E-state index < -0.39 is 11.7 Å². The molecule has 28 heavy (non-hydrogen) atoms. The Kier molecular flexibility index (Phi) is 4.86. The number of nitrogens with zero attached hydrogens (tertiary/aromatic N) is 2. The molecule has 2 heterocycles. The highest BCUT2D eigenvalue weighted by molar-refractivity contribution is 6.45. The Labute approximate surface area is 162 Å². The van der Waals surface area contributed by atoms with Crippen LogP contribution in [0.2, 0.25) is 0 Å². The largest absolute Gasteiger partial charge is 0.506 e. The number of phenolic OH excluding ortho intramolecular Hbond substituents is 1. The highest BCUT2D eigenvalue weighted by Gasteiger charge is 2.27. The van der Waals surface area contributed by atoms with Gasteiger partial charge in [0.25, 0.3) is 11.7 Å². The number of phenols is 1. The summed E-state index contributed by atoms with van der Waals surface area (Å²) in [4.78, 5) is 27.2. The van der Waals surface area contributed by atoms with E-state index in [-0.39, 0.29) is 17.1 Å². The summed E-state index contributed by atoms with van der Waals surface area (Å²) < 4.78 is 14.9. The monoisotopic (exact) mass is 380 g/mol. The molecule has 0 bridgehead atoms. The predicted molar refractivity (Wildman–Crippen MR) is 104 cm³/mol. The molecule has 4 rings (SSSR count). The molecule has 6 heteroatoms. The van der Waals surface area contributed by atoms with Crippen LogP contribution >= 0.6 is 0 Å². The van der Waals surface area contributed by atoms with E-state index in [2.05, 4.69) is 0 Å². The van der Waals surface area contributed by atoms with Gasteiger partial charge in [0.15, 0.2) is 0 Å².